The number of aromatic nitrogens is 1. The Bertz CT molecular complexity index is 632. The second-order valence-electron chi connectivity index (χ2n) is 3.91. The summed E-state index contributed by atoms with van der Waals surface area (Å²) >= 11 is 3.27. The van der Waals surface area contributed by atoms with Crippen molar-refractivity contribution in [2.45, 2.75) is 0 Å². The molecule has 0 saturated carbocycles. The number of carbonyl (C=O) groups excluding carboxylic acids is 1. The fraction of sp³-hybridized carbons (Fsp3) is 0.143. The van der Waals surface area contributed by atoms with Crippen LogP contribution in [0.15, 0.2) is 41.0 Å². The zero-order chi connectivity index (χ0) is 14.5. The minimum atomic E-state index is -0.415. The molecule has 0 unspecified atom stereocenters. The Morgan fingerprint density at radius 1 is 1.25 bits per heavy atom. The van der Waals surface area contributed by atoms with E-state index in [1.54, 1.807) is 19.2 Å². The second-order valence-corrected chi connectivity index (χ2v) is 4.72. The quantitative estimate of drug-likeness (QED) is 0.685. The minimum Gasteiger partial charge on any atom is -0.497 e. The number of anilines is 2. The molecule has 6 heteroatoms. The number of halogens is 1. The number of esters is 1. The lowest BCUT2D eigenvalue weighted by molar-refractivity contribution is 0.0600. The van der Waals surface area contributed by atoms with Gasteiger partial charge in [0.2, 0.25) is 0 Å². The van der Waals surface area contributed by atoms with E-state index in [0.717, 1.165) is 11.4 Å². The van der Waals surface area contributed by atoms with E-state index in [1.807, 2.05) is 24.3 Å². The van der Waals surface area contributed by atoms with Gasteiger partial charge < -0.3 is 14.8 Å². The van der Waals surface area contributed by atoms with Gasteiger partial charge in [0.25, 0.3) is 0 Å². The van der Waals surface area contributed by atoms with Crippen LogP contribution >= 0.6 is 15.9 Å². The largest absolute Gasteiger partial charge is 0.497 e. The van der Waals surface area contributed by atoms with Crippen molar-refractivity contribution in [1.82, 2.24) is 4.98 Å². The van der Waals surface area contributed by atoms with Gasteiger partial charge >= 0.3 is 5.97 Å². The van der Waals surface area contributed by atoms with Crippen LogP contribution in [0.5, 0.6) is 5.75 Å². The zero-order valence-electron chi connectivity index (χ0n) is 11.0. The van der Waals surface area contributed by atoms with Gasteiger partial charge in [-0.25, -0.2) is 9.78 Å². The standard InChI is InChI=1S/C14H13BrN2O3/c1-19-11-5-3-4-10(8-11)16-13-7-9(14(18)20-2)6-12(15)17-13/h3-8H,1-2H3,(H,16,17). The first-order valence-corrected chi connectivity index (χ1v) is 6.58. The van der Waals surface area contributed by atoms with Crippen LogP contribution in [-0.4, -0.2) is 25.2 Å². The lowest BCUT2D eigenvalue weighted by Gasteiger charge is -2.09. The van der Waals surface area contributed by atoms with Gasteiger partial charge in [0.05, 0.1) is 19.8 Å². The van der Waals surface area contributed by atoms with Gasteiger partial charge in [-0.15, -0.1) is 0 Å². The van der Waals surface area contributed by atoms with E-state index in [4.69, 9.17) is 9.47 Å². The molecule has 1 heterocycles. The smallest absolute Gasteiger partial charge is 0.338 e. The first kappa shape index (κ1) is 14.3. The van der Waals surface area contributed by atoms with Crippen molar-refractivity contribution in [2.75, 3.05) is 19.5 Å². The average molecular weight is 337 g/mol. The van der Waals surface area contributed by atoms with Gasteiger partial charge in [-0.3, -0.25) is 0 Å². The number of methoxy groups -OCH3 is 2. The molecule has 0 atom stereocenters. The van der Waals surface area contributed by atoms with E-state index in [2.05, 4.69) is 26.2 Å². The van der Waals surface area contributed by atoms with E-state index in [0.29, 0.717) is 16.0 Å². The summed E-state index contributed by atoms with van der Waals surface area (Å²) in [7, 11) is 2.94. The number of nitrogens with one attached hydrogen (secondary N) is 1. The molecule has 1 aromatic heterocycles. The number of rotatable bonds is 4. The van der Waals surface area contributed by atoms with E-state index in [1.165, 1.54) is 7.11 Å². The Balaban J connectivity index is 2.28. The highest BCUT2D eigenvalue weighted by molar-refractivity contribution is 9.10. The Labute approximate surface area is 125 Å². The number of carbonyl (C=O) groups is 1. The van der Waals surface area contributed by atoms with Gasteiger partial charge in [-0.2, -0.15) is 0 Å². The molecule has 0 aliphatic rings. The Morgan fingerprint density at radius 2 is 2.05 bits per heavy atom. The third-order valence-electron chi connectivity index (χ3n) is 2.56. The summed E-state index contributed by atoms with van der Waals surface area (Å²) in [5.41, 5.74) is 1.23. The van der Waals surface area contributed by atoms with Crippen LogP contribution in [0.25, 0.3) is 0 Å². The highest BCUT2D eigenvalue weighted by Crippen LogP contribution is 2.22. The lowest BCUT2D eigenvalue weighted by Crippen LogP contribution is -2.03. The minimum absolute atomic E-state index is 0.415. The highest BCUT2D eigenvalue weighted by Gasteiger charge is 2.09. The predicted octanol–water partition coefficient (Wildman–Crippen LogP) is 3.38. The average Bonchev–Trinajstić information content (AvgIpc) is 2.46. The lowest BCUT2D eigenvalue weighted by atomic mass is 10.2. The maximum Gasteiger partial charge on any atom is 0.338 e. The monoisotopic (exact) mass is 336 g/mol. The third kappa shape index (κ3) is 3.48. The molecular weight excluding hydrogens is 324 g/mol. The fourth-order valence-electron chi connectivity index (χ4n) is 1.65. The second kappa shape index (κ2) is 6.38. The molecule has 0 amide bonds. The molecule has 1 aromatic carbocycles. The maximum atomic E-state index is 11.6. The Kier molecular flexibility index (Phi) is 4.57. The molecule has 0 radical (unpaired) electrons. The van der Waals surface area contributed by atoms with Crippen molar-refractivity contribution >= 4 is 33.4 Å². The fourth-order valence-corrected chi connectivity index (χ4v) is 2.08. The van der Waals surface area contributed by atoms with Crippen molar-refractivity contribution in [1.29, 1.82) is 0 Å². The maximum absolute atomic E-state index is 11.6. The van der Waals surface area contributed by atoms with Crippen molar-refractivity contribution in [3.8, 4) is 5.75 Å². The van der Waals surface area contributed by atoms with Crippen LogP contribution in [0.1, 0.15) is 10.4 Å². The van der Waals surface area contributed by atoms with Crippen molar-refractivity contribution < 1.29 is 14.3 Å². The molecule has 2 rings (SSSR count). The molecule has 0 bridgehead atoms. The van der Waals surface area contributed by atoms with E-state index in [-0.39, 0.29) is 0 Å². The van der Waals surface area contributed by atoms with Gasteiger partial charge in [0.1, 0.15) is 16.2 Å². The summed E-state index contributed by atoms with van der Waals surface area (Å²) in [5, 5.41) is 3.11. The number of hydrogen-bond acceptors (Lipinski definition) is 5. The molecule has 0 spiro atoms. The first-order chi connectivity index (χ1) is 9.62. The SMILES string of the molecule is COC(=O)c1cc(Br)nc(Nc2cccc(OC)c2)c1. The van der Waals surface area contributed by atoms with Gasteiger partial charge in [0, 0.05) is 11.8 Å². The first-order valence-electron chi connectivity index (χ1n) is 5.79. The number of nitrogens with zero attached hydrogens (tertiary/aromatic N) is 1. The number of ether oxygens (including phenoxy) is 2. The predicted molar refractivity (Wildman–Crippen MR) is 79.6 cm³/mol. The highest BCUT2D eigenvalue weighted by atomic mass is 79.9. The topological polar surface area (TPSA) is 60.5 Å². The van der Waals surface area contributed by atoms with Crippen LogP contribution in [0, 0.1) is 0 Å². The number of pyridine rings is 1. The van der Waals surface area contributed by atoms with E-state index < -0.39 is 5.97 Å². The summed E-state index contributed by atoms with van der Waals surface area (Å²) in [6.07, 6.45) is 0. The number of hydrogen-bond donors (Lipinski definition) is 1. The summed E-state index contributed by atoms with van der Waals surface area (Å²) in [5.74, 6) is 0.855. The zero-order valence-corrected chi connectivity index (χ0v) is 12.6. The molecule has 0 aliphatic heterocycles. The molecule has 5 nitrogen and oxygen atoms in total. The molecule has 1 N–H and O–H groups in total. The summed E-state index contributed by atoms with van der Waals surface area (Å²) in [6, 6.07) is 10.6. The molecular formula is C14H13BrN2O3. The van der Waals surface area contributed by atoms with E-state index in [9.17, 15) is 4.79 Å². The van der Waals surface area contributed by atoms with Crippen LogP contribution in [0.3, 0.4) is 0 Å². The summed E-state index contributed by atoms with van der Waals surface area (Å²) < 4.78 is 10.4. The Morgan fingerprint density at radius 3 is 2.75 bits per heavy atom. The van der Waals surface area contributed by atoms with Crippen LogP contribution < -0.4 is 10.1 Å². The van der Waals surface area contributed by atoms with Crippen LogP contribution in [0.2, 0.25) is 0 Å². The molecule has 2 aromatic rings. The van der Waals surface area contributed by atoms with Crippen LogP contribution in [-0.2, 0) is 4.74 Å². The Hall–Kier alpha value is -2.08. The van der Waals surface area contributed by atoms with E-state index >= 15 is 0 Å². The van der Waals surface area contributed by atoms with Gasteiger partial charge in [0.15, 0.2) is 0 Å². The third-order valence-corrected chi connectivity index (χ3v) is 2.96. The van der Waals surface area contributed by atoms with Crippen molar-refractivity contribution in [3.63, 3.8) is 0 Å². The van der Waals surface area contributed by atoms with Crippen molar-refractivity contribution in [3.05, 3.63) is 46.6 Å². The summed E-state index contributed by atoms with van der Waals surface area (Å²) in [6.45, 7) is 0. The molecule has 0 fully saturated rings. The van der Waals surface area contributed by atoms with Crippen molar-refractivity contribution in [2.24, 2.45) is 0 Å². The molecule has 0 aliphatic carbocycles. The van der Waals surface area contributed by atoms with Gasteiger partial charge in [-0.05, 0) is 40.2 Å². The van der Waals surface area contributed by atoms with Gasteiger partial charge in [-0.1, -0.05) is 6.07 Å². The normalized spacial score (nSPS) is 9.95. The molecule has 0 saturated heterocycles. The number of benzene rings is 1. The summed E-state index contributed by atoms with van der Waals surface area (Å²) in [4.78, 5) is 15.8. The molecule has 20 heavy (non-hydrogen) atoms. The van der Waals surface area contributed by atoms with Crippen LogP contribution in [0.4, 0.5) is 11.5 Å². The molecule has 104 valence electrons.